The van der Waals surface area contributed by atoms with Gasteiger partial charge in [-0.2, -0.15) is 0 Å². The Hall–Kier alpha value is -2.52. The fourth-order valence-electron chi connectivity index (χ4n) is 7.22. The zero-order valence-electron chi connectivity index (χ0n) is 23.8. The molecule has 2 bridgehead atoms. The number of aliphatic hydroxyl groups is 1. The number of aliphatic hydroxyl groups excluding tert-OH is 1. The van der Waals surface area contributed by atoms with Gasteiger partial charge in [0.25, 0.3) is 5.91 Å². The van der Waals surface area contributed by atoms with Crippen LogP contribution in [0.25, 0.3) is 0 Å². The van der Waals surface area contributed by atoms with Crippen molar-refractivity contribution in [1.29, 1.82) is 0 Å². The molecular formula is C30H43N3O5S. The Labute approximate surface area is 236 Å². The number of thioether (sulfide) groups is 1. The zero-order valence-corrected chi connectivity index (χ0v) is 24.6. The molecule has 0 aromatic heterocycles. The molecule has 0 aliphatic carbocycles. The van der Waals surface area contributed by atoms with Crippen molar-refractivity contribution in [2.75, 3.05) is 36.0 Å². The molecular weight excluding hydrogens is 514 g/mol. The van der Waals surface area contributed by atoms with Gasteiger partial charge in [0, 0.05) is 35.8 Å². The summed E-state index contributed by atoms with van der Waals surface area (Å²) < 4.78 is -1.47. The molecule has 4 rings (SSSR count). The highest BCUT2D eigenvalue weighted by atomic mass is 32.2. The van der Waals surface area contributed by atoms with Crippen molar-refractivity contribution in [2.45, 2.75) is 75.5 Å². The van der Waals surface area contributed by atoms with Crippen molar-refractivity contribution in [3.63, 3.8) is 0 Å². The molecule has 3 heterocycles. The third-order valence-electron chi connectivity index (χ3n) is 9.43. The average molecular weight is 558 g/mol. The SMILES string of the molecule is C=CCN(C(=O)C1N([C@@H](CO)[C@@H](C)CC)C(=O)[C@@H]2[C@@H](C(=O)O)[C@@]3(C)CCC12S3)c1ccc(N(CC)CC)cc1. The maximum atomic E-state index is 14.7. The lowest BCUT2D eigenvalue weighted by Crippen LogP contribution is -2.58. The van der Waals surface area contributed by atoms with E-state index in [9.17, 15) is 24.6 Å². The number of hydrogen-bond donors (Lipinski definition) is 2. The third-order valence-corrected chi connectivity index (χ3v) is 11.4. The van der Waals surface area contributed by atoms with E-state index >= 15 is 0 Å². The summed E-state index contributed by atoms with van der Waals surface area (Å²) in [4.78, 5) is 46.9. The van der Waals surface area contributed by atoms with Crippen molar-refractivity contribution < 1.29 is 24.6 Å². The molecule has 214 valence electrons. The van der Waals surface area contributed by atoms with Gasteiger partial charge in [-0.3, -0.25) is 14.4 Å². The van der Waals surface area contributed by atoms with E-state index in [1.807, 2.05) is 45.0 Å². The van der Waals surface area contributed by atoms with Crippen LogP contribution in [0.4, 0.5) is 11.4 Å². The van der Waals surface area contributed by atoms with E-state index in [4.69, 9.17) is 0 Å². The Balaban J connectivity index is 1.82. The molecule has 3 aliphatic heterocycles. The van der Waals surface area contributed by atoms with Crippen LogP contribution in [0.5, 0.6) is 0 Å². The van der Waals surface area contributed by atoms with Crippen molar-refractivity contribution in [2.24, 2.45) is 17.8 Å². The van der Waals surface area contributed by atoms with Gasteiger partial charge in [-0.15, -0.1) is 18.3 Å². The number of anilines is 2. The van der Waals surface area contributed by atoms with Crippen LogP contribution in [0.2, 0.25) is 0 Å². The van der Waals surface area contributed by atoms with E-state index in [1.165, 1.54) is 11.8 Å². The molecule has 2 N–H and O–H groups in total. The molecule has 39 heavy (non-hydrogen) atoms. The summed E-state index contributed by atoms with van der Waals surface area (Å²) in [6.45, 7) is 15.7. The summed E-state index contributed by atoms with van der Waals surface area (Å²) in [5, 5.41) is 20.7. The lowest BCUT2D eigenvalue weighted by atomic mass is 9.66. The number of hydrogen-bond acceptors (Lipinski definition) is 6. The number of rotatable bonds is 12. The molecule has 1 aromatic carbocycles. The molecule has 0 saturated carbocycles. The summed E-state index contributed by atoms with van der Waals surface area (Å²) in [5.41, 5.74) is 1.76. The van der Waals surface area contributed by atoms with E-state index in [-0.39, 0.29) is 30.9 Å². The number of carbonyl (C=O) groups is 3. The topological polar surface area (TPSA) is 101 Å². The van der Waals surface area contributed by atoms with Gasteiger partial charge in [0.05, 0.1) is 29.2 Å². The van der Waals surface area contributed by atoms with E-state index in [2.05, 4.69) is 25.3 Å². The number of aliphatic carboxylic acids is 1. The largest absolute Gasteiger partial charge is 0.481 e. The van der Waals surface area contributed by atoms with Gasteiger partial charge < -0.3 is 24.9 Å². The first-order valence-corrected chi connectivity index (χ1v) is 15.0. The second-order valence-corrected chi connectivity index (χ2v) is 13.3. The molecule has 3 aliphatic rings. The number of carbonyl (C=O) groups excluding carboxylic acids is 2. The number of benzene rings is 1. The third kappa shape index (κ3) is 4.55. The number of nitrogens with zero attached hydrogens (tertiary/aromatic N) is 3. The van der Waals surface area contributed by atoms with Gasteiger partial charge in [-0.05, 0) is 63.8 Å². The van der Waals surface area contributed by atoms with E-state index in [0.717, 1.165) is 18.8 Å². The lowest BCUT2D eigenvalue weighted by Gasteiger charge is -2.41. The predicted molar refractivity (Wildman–Crippen MR) is 156 cm³/mol. The van der Waals surface area contributed by atoms with Gasteiger partial charge in [-0.25, -0.2) is 0 Å². The van der Waals surface area contributed by atoms with Crippen molar-refractivity contribution in [3.05, 3.63) is 36.9 Å². The molecule has 8 nitrogen and oxygen atoms in total. The molecule has 0 radical (unpaired) electrons. The molecule has 3 saturated heterocycles. The van der Waals surface area contributed by atoms with Crippen LogP contribution in [-0.4, -0.2) is 80.7 Å². The van der Waals surface area contributed by atoms with Crippen LogP contribution in [0.1, 0.15) is 53.9 Å². The minimum atomic E-state index is -0.989. The first-order valence-electron chi connectivity index (χ1n) is 14.2. The van der Waals surface area contributed by atoms with Crippen molar-refractivity contribution >= 4 is 40.9 Å². The van der Waals surface area contributed by atoms with Crippen LogP contribution >= 0.6 is 11.8 Å². The summed E-state index contributed by atoms with van der Waals surface area (Å²) in [5.74, 6) is -3.29. The van der Waals surface area contributed by atoms with Crippen LogP contribution in [0.3, 0.4) is 0 Å². The van der Waals surface area contributed by atoms with Gasteiger partial charge in [-0.1, -0.05) is 26.3 Å². The number of carboxylic acid groups (broad SMARTS) is 1. The van der Waals surface area contributed by atoms with Crippen LogP contribution in [0.15, 0.2) is 36.9 Å². The van der Waals surface area contributed by atoms with E-state index in [0.29, 0.717) is 24.9 Å². The predicted octanol–water partition coefficient (Wildman–Crippen LogP) is 4.02. The quantitative estimate of drug-likeness (QED) is 0.374. The summed E-state index contributed by atoms with van der Waals surface area (Å²) in [6, 6.07) is 6.39. The first-order chi connectivity index (χ1) is 18.5. The monoisotopic (exact) mass is 557 g/mol. The minimum Gasteiger partial charge on any atom is -0.481 e. The van der Waals surface area contributed by atoms with E-state index in [1.54, 1.807) is 15.9 Å². The van der Waals surface area contributed by atoms with Gasteiger partial charge in [0.2, 0.25) is 5.91 Å². The average Bonchev–Trinajstić information content (AvgIpc) is 3.49. The zero-order chi connectivity index (χ0) is 28.7. The second kappa shape index (κ2) is 11.2. The Morgan fingerprint density at radius 1 is 1.18 bits per heavy atom. The Morgan fingerprint density at radius 3 is 2.31 bits per heavy atom. The molecule has 1 spiro atoms. The normalized spacial score (nSPS) is 30.7. The molecule has 1 aromatic rings. The first kappa shape index (κ1) is 29.5. The summed E-state index contributed by atoms with van der Waals surface area (Å²) in [7, 11) is 0. The maximum Gasteiger partial charge on any atom is 0.308 e. The van der Waals surface area contributed by atoms with Crippen LogP contribution in [-0.2, 0) is 14.4 Å². The van der Waals surface area contributed by atoms with Crippen molar-refractivity contribution in [1.82, 2.24) is 4.90 Å². The Bertz CT molecular complexity index is 1110. The molecule has 3 fully saturated rings. The number of amides is 2. The number of fused-ring (bicyclic) bond motifs is 1. The molecule has 7 atom stereocenters. The molecule has 9 heteroatoms. The Morgan fingerprint density at radius 2 is 1.79 bits per heavy atom. The fraction of sp³-hybridized carbons (Fsp3) is 0.633. The smallest absolute Gasteiger partial charge is 0.308 e. The standard InChI is InChI=1S/C30H43N3O5S/c1-7-17-32(21-13-11-20(12-14-21)31(9-3)10-4)27(36)25-30-16-15-29(6,39-30)24(28(37)38)23(30)26(35)33(25)22(18-34)19(5)8-2/h7,11-14,19,22-25,34H,1,8-10,15-18H2,2-6H3,(H,37,38)/t19-,22-,23-,24-,25?,29+,30?/m0/s1. The number of likely N-dealkylation sites (tertiary alicyclic amines) is 1. The Kier molecular flexibility index (Phi) is 8.43. The highest BCUT2D eigenvalue weighted by molar-refractivity contribution is 8.02. The van der Waals surface area contributed by atoms with Gasteiger partial charge in [0.15, 0.2) is 0 Å². The lowest BCUT2D eigenvalue weighted by molar-refractivity contribution is -0.151. The molecule has 2 amide bonds. The van der Waals surface area contributed by atoms with Crippen molar-refractivity contribution in [3.8, 4) is 0 Å². The fourth-order valence-corrected chi connectivity index (χ4v) is 9.55. The highest BCUT2D eigenvalue weighted by Gasteiger charge is 2.78. The second-order valence-electron chi connectivity index (χ2n) is 11.4. The minimum absolute atomic E-state index is 0.0632. The van der Waals surface area contributed by atoms with Gasteiger partial charge in [0.1, 0.15) is 6.04 Å². The van der Waals surface area contributed by atoms with Gasteiger partial charge >= 0.3 is 5.97 Å². The van der Waals surface area contributed by atoms with Crippen LogP contribution in [0, 0.1) is 17.8 Å². The maximum absolute atomic E-state index is 14.7. The van der Waals surface area contributed by atoms with Crippen LogP contribution < -0.4 is 9.80 Å². The number of carboxylic acids is 1. The molecule has 2 unspecified atom stereocenters. The summed E-state index contributed by atoms with van der Waals surface area (Å²) >= 11 is 1.52. The van der Waals surface area contributed by atoms with E-state index < -0.39 is 39.4 Å². The summed E-state index contributed by atoms with van der Waals surface area (Å²) in [6.07, 6.45) is 3.60. The highest BCUT2D eigenvalue weighted by Crippen LogP contribution is 2.71.